The van der Waals surface area contributed by atoms with Crippen molar-refractivity contribution in [3.05, 3.63) is 47.0 Å². The van der Waals surface area contributed by atoms with Crippen molar-refractivity contribution in [3.8, 4) is 23.0 Å². The van der Waals surface area contributed by atoms with E-state index < -0.39 is 6.10 Å². The zero-order valence-corrected chi connectivity index (χ0v) is 13.4. The van der Waals surface area contributed by atoms with Crippen LogP contribution in [0.1, 0.15) is 28.7 Å². The second-order valence-electron chi connectivity index (χ2n) is 5.60. The molecule has 122 valence electrons. The molecule has 0 aliphatic carbocycles. The second kappa shape index (κ2) is 6.01. The lowest BCUT2D eigenvalue weighted by Gasteiger charge is -2.33. The predicted octanol–water partition coefficient (Wildman–Crippen LogP) is 2.93. The largest absolute Gasteiger partial charge is 0.507 e. The number of aliphatic hydroxyl groups is 1. The van der Waals surface area contributed by atoms with Gasteiger partial charge >= 0.3 is 0 Å². The van der Waals surface area contributed by atoms with Gasteiger partial charge in [-0.15, -0.1) is 0 Å². The summed E-state index contributed by atoms with van der Waals surface area (Å²) in [6, 6.07) is 9.06. The molecule has 0 aromatic heterocycles. The van der Waals surface area contributed by atoms with Crippen LogP contribution in [0.25, 0.3) is 0 Å². The highest BCUT2D eigenvalue weighted by molar-refractivity contribution is 5.58. The Balaban J connectivity index is 2.02. The van der Waals surface area contributed by atoms with Crippen molar-refractivity contribution >= 4 is 0 Å². The Kier molecular flexibility index (Phi) is 4.05. The molecule has 2 aromatic carbocycles. The molecule has 2 N–H and O–H groups in total. The Morgan fingerprint density at radius 1 is 1.13 bits per heavy atom. The fourth-order valence-corrected chi connectivity index (χ4v) is 2.97. The van der Waals surface area contributed by atoms with Gasteiger partial charge in [-0.1, -0.05) is 12.1 Å². The third kappa shape index (κ3) is 2.57. The van der Waals surface area contributed by atoms with Crippen LogP contribution in [0.15, 0.2) is 30.3 Å². The molecular formula is C18H20O5. The first-order chi connectivity index (χ1) is 11.1. The molecule has 0 saturated heterocycles. The van der Waals surface area contributed by atoms with Crippen LogP contribution in [0.3, 0.4) is 0 Å². The lowest BCUT2D eigenvalue weighted by molar-refractivity contribution is 0.0851. The number of rotatable bonds is 3. The number of phenolic OH excluding ortho intramolecular Hbond substituents is 1. The number of ether oxygens (including phenoxy) is 3. The Labute approximate surface area is 135 Å². The lowest BCUT2D eigenvalue weighted by Crippen LogP contribution is -2.25. The molecule has 0 spiro atoms. The molecule has 2 aromatic rings. The van der Waals surface area contributed by atoms with E-state index in [-0.39, 0.29) is 11.7 Å². The first-order valence-corrected chi connectivity index (χ1v) is 7.42. The highest BCUT2D eigenvalue weighted by Gasteiger charge is 2.35. The van der Waals surface area contributed by atoms with E-state index in [4.69, 9.17) is 14.2 Å². The SMILES string of the molecule is COc1ccc(C2COc3c(C)c(O)cc(OC)c3C2O)cc1. The van der Waals surface area contributed by atoms with Gasteiger partial charge in [0.2, 0.25) is 0 Å². The maximum atomic E-state index is 10.9. The summed E-state index contributed by atoms with van der Waals surface area (Å²) in [4.78, 5) is 0. The Bertz CT molecular complexity index is 708. The van der Waals surface area contributed by atoms with Crippen molar-refractivity contribution in [2.45, 2.75) is 18.9 Å². The molecular weight excluding hydrogens is 296 g/mol. The van der Waals surface area contributed by atoms with E-state index in [9.17, 15) is 10.2 Å². The lowest BCUT2D eigenvalue weighted by atomic mass is 9.86. The second-order valence-corrected chi connectivity index (χ2v) is 5.60. The van der Waals surface area contributed by atoms with E-state index in [1.807, 2.05) is 24.3 Å². The highest BCUT2D eigenvalue weighted by atomic mass is 16.5. The molecule has 0 radical (unpaired) electrons. The molecule has 23 heavy (non-hydrogen) atoms. The van der Waals surface area contributed by atoms with Crippen LogP contribution in [-0.4, -0.2) is 31.0 Å². The maximum Gasteiger partial charge on any atom is 0.135 e. The number of hydrogen-bond acceptors (Lipinski definition) is 5. The molecule has 2 atom stereocenters. The summed E-state index contributed by atoms with van der Waals surface area (Å²) < 4.78 is 16.3. The van der Waals surface area contributed by atoms with Gasteiger partial charge in [0.25, 0.3) is 0 Å². The molecule has 0 amide bonds. The minimum Gasteiger partial charge on any atom is -0.507 e. The van der Waals surface area contributed by atoms with Gasteiger partial charge in [-0.05, 0) is 24.6 Å². The van der Waals surface area contributed by atoms with Crippen molar-refractivity contribution in [1.82, 2.24) is 0 Å². The molecule has 1 aliphatic heterocycles. The average molecular weight is 316 g/mol. The van der Waals surface area contributed by atoms with Crippen molar-refractivity contribution in [2.24, 2.45) is 0 Å². The van der Waals surface area contributed by atoms with E-state index in [0.717, 1.165) is 11.3 Å². The van der Waals surface area contributed by atoms with Crippen molar-refractivity contribution in [3.63, 3.8) is 0 Å². The molecule has 3 rings (SSSR count). The molecule has 0 fully saturated rings. The standard InChI is InChI=1S/C18H20O5/c1-10-14(19)8-15(22-3)16-17(20)13(9-23-18(10)16)11-4-6-12(21-2)7-5-11/h4-8,13,17,19-20H,9H2,1-3H3. The summed E-state index contributed by atoms with van der Waals surface area (Å²) in [5.74, 6) is 1.56. The van der Waals surface area contributed by atoms with Gasteiger partial charge in [-0.3, -0.25) is 0 Å². The van der Waals surface area contributed by atoms with Gasteiger partial charge in [-0.25, -0.2) is 0 Å². The van der Waals surface area contributed by atoms with E-state index in [1.54, 1.807) is 14.0 Å². The Morgan fingerprint density at radius 3 is 2.43 bits per heavy atom. The van der Waals surface area contributed by atoms with Crippen molar-refractivity contribution < 1.29 is 24.4 Å². The first-order valence-electron chi connectivity index (χ1n) is 7.42. The number of methoxy groups -OCH3 is 2. The average Bonchev–Trinajstić information content (AvgIpc) is 2.58. The van der Waals surface area contributed by atoms with Gasteiger partial charge in [-0.2, -0.15) is 0 Å². The Hall–Kier alpha value is -2.40. The van der Waals surface area contributed by atoms with Gasteiger partial charge < -0.3 is 24.4 Å². The third-order valence-electron chi connectivity index (χ3n) is 4.35. The molecule has 0 saturated carbocycles. The minimum absolute atomic E-state index is 0.0932. The van der Waals surface area contributed by atoms with Crippen LogP contribution in [0, 0.1) is 6.92 Å². The number of benzene rings is 2. The van der Waals surface area contributed by atoms with Crippen LogP contribution in [0.2, 0.25) is 0 Å². The van der Waals surface area contributed by atoms with Crippen LogP contribution >= 0.6 is 0 Å². The summed E-state index contributed by atoms with van der Waals surface area (Å²) in [6.45, 7) is 2.09. The van der Waals surface area contributed by atoms with E-state index >= 15 is 0 Å². The summed E-state index contributed by atoms with van der Waals surface area (Å²) in [5, 5.41) is 20.8. The van der Waals surface area contributed by atoms with Crippen molar-refractivity contribution in [2.75, 3.05) is 20.8 Å². The summed E-state index contributed by atoms with van der Waals surface area (Å²) in [6.07, 6.45) is -0.776. The van der Waals surface area contributed by atoms with Crippen LogP contribution in [0.4, 0.5) is 0 Å². The number of aromatic hydroxyl groups is 1. The van der Waals surface area contributed by atoms with Crippen LogP contribution in [0.5, 0.6) is 23.0 Å². The topological polar surface area (TPSA) is 68.2 Å². The fourth-order valence-electron chi connectivity index (χ4n) is 2.97. The predicted molar refractivity (Wildman–Crippen MR) is 85.6 cm³/mol. The normalized spacial score (nSPS) is 19.7. The van der Waals surface area contributed by atoms with Crippen molar-refractivity contribution in [1.29, 1.82) is 0 Å². The molecule has 1 heterocycles. The molecule has 2 unspecified atom stereocenters. The summed E-state index contributed by atoms with van der Waals surface area (Å²) in [5.41, 5.74) is 2.14. The van der Waals surface area contributed by atoms with Gasteiger partial charge in [0, 0.05) is 17.5 Å². The molecule has 5 heteroatoms. The molecule has 1 aliphatic rings. The maximum absolute atomic E-state index is 10.9. The highest BCUT2D eigenvalue weighted by Crippen LogP contribution is 2.49. The third-order valence-corrected chi connectivity index (χ3v) is 4.35. The number of fused-ring (bicyclic) bond motifs is 1. The van der Waals surface area contributed by atoms with Gasteiger partial charge in [0.05, 0.1) is 32.5 Å². The minimum atomic E-state index is -0.776. The van der Waals surface area contributed by atoms with E-state index in [2.05, 4.69) is 0 Å². The fraction of sp³-hybridized carbons (Fsp3) is 0.333. The van der Waals surface area contributed by atoms with E-state index in [0.29, 0.717) is 29.2 Å². The van der Waals surface area contributed by atoms with Gasteiger partial charge in [0.1, 0.15) is 23.0 Å². The van der Waals surface area contributed by atoms with Gasteiger partial charge in [0.15, 0.2) is 0 Å². The number of hydrogen-bond donors (Lipinski definition) is 2. The van der Waals surface area contributed by atoms with Crippen LogP contribution < -0.4 is 14.2 Å². The molecule has 0 bridgehead atoms. The zero-order valence-electron chi connectivity index (χ0n) is 13.4. The zero-order chi connectivity index (χ0) is 16.6. The first kappa shape index (κ1) is 15.5. The Morgan fingerprint density at radius 2 is 1.83 bits per heavy atom. The van der Waals surface area contributed by atoms with Crippen LogP contribution in [-0.2, 0) is 0 Å². The smallest absolute Gasteiger partial charge is 0.135 e. The molecule has 5 nitrogen and oxygen atoms in total. The summed E-state index contributed by atoms with van der Waals surface area (Å²) >= 11 is 0. The number of aliphatic hydroxyl groups excluding tert-OH is 1. The summed E-state index contributed by atoms with van der Waals surface area (Å²) in [7, 11) is 3.12. The monoisotopic (exact) mass is 316 g/mol. The van der Waals surface area contributed by atoms with E-state index in [1.165, 1.54) is 13.2 Å². The number of phenols is 1. The quantitative estimate of drug-likeness (QED) is 0.911.